The third kappa shape index (κ3) is 3.83. The maximum Gasteiger partial charge on any atom is 0.270 e. The normalized spacial score (nSPS) is 11.6. The molecule has 0 radical (unpaired) electrons. The summed E-state index contributed by atoms with van der Waals surface area (Å²) in [6, 6.07) is 22.6. The molecule has 0 saturated heterocycles. The summed E-state index contributed by atoms with van der Waals surface area (Å²) in [5.74, 6) is 0.641. The summed E-state index contributed by atoms with van der Waals surface area (Å²) < 4.78 is 7.36. The molecular weight excluding hydrogens is 418 g/mol. The Balaban J connectivity index is 1.33. The number of non-ortho nitro benzene ring substituents is 1. The van der Waals surface area contributed by atoms with Gasteiger partial charge in [-0.05, 0) is 52.9 Å². The number of aliphatic imine (C=N–C) groups is 1. The summed E-state index contributed by atoms with van der Waals surface area (Å²) in [5, 5.41) is 13.9. The average Bonchev–Trinajstić information content (AvgIpc) is 3.37. The van der Waals surface area contributed by atoms with Crippen LogP contribution < -0.4 is 0 Å². The maximum absolute atomic E-state index is 10.9. The van der Waals surface area contributed by atoms with Crippen molar-refractivity contribution in [2.24, 2.45) is 4.99 Å². The number of hydrogen-bond donors (Lipinski definition) is 0. The van der Waals surface area contributed by atoms with E-state index in [1.807, 2.05) is 42.5 Å². The van der Waals surface area contributed by atoms with Gasteiger partial charge in [0, 0.05) is 12.1 Å². The fraction of sp³-hybridized carbons (Fsp3) is 0. The van der Waals surface area contributed by atoms with Crippen molar-refractivity contribution in [1.82, 2.24) is 4.98 Å². The van der Waals surface area contributed by atoms with Gasteiger partial charge in [-0.3, -0.25) is 15.1 Å². The van der Waals surface area contributed by atoms with Crippen molar-refractivity contribution in [2.45, 2.75) is 9.43 Å². The lowest BCUT2D eigenvalue weighted by Crippen LogP contribution is -1.85. The average molecular weight is 431 g/mol. The molecule has 0 unspecified atom stereocenters. The summed E-state index contributed by atoms with van der Waals surface area (Å²) in [6.45, 7) is 0. The Morgan fingerprint density at radius 1 is 1.03 bits per heavy atom. The van der Waals surface area contributed by atoms with Gasteiger partial charge in [-0.25, -0.2) is 4.98 Å². The SMILES string of the molecule is O=[N+]([O-])c1ccc2nc(Sc3ccc(C=Nc4ccc5ccccc5c4)o3)sc2c1. The number of nitro groups is 1. The van der Waals surface area contributed by atoms with E-state index in [4.69, 9.17) is 4.42 Å². The van der Waals surface area contributed by atoms with E-state index in [2.05, 4.69) is 22.1 Å². The lowest BCUT2D eigenvalue weighted by molar-refractivity contribution is -0.384. The van der Waals surface area contributed by atoms with Gasteiger partial charge in [0.25, 0.3) is 5.69 Å². The number of nitrogens with zero attached hydrogens (tertiary/aromatic N) is 3. The minimum Gasteiger partial charge on any atom is -0.448 e. The van der Waals surface area contributed by atoms with Crippen LogP contribution in [0, 0.1) is 10.1 Å². The highest BCUT2D eigenvalue weighted by molar-refractivity contribution is 8.01. The number of benzene rings is 3. The van der Waals surface area contributed by atoms with Crippen LogP contribution >= 0.6 is 23.1 Å². The van der Waals surface area contributed by atoms with Crippen molar-refractivity contribution in [3.05, 3.63) is 88.7 Å². The molecule has 0 aliphatic rings. The van der Waals surface area contributed by atoms with E-state index in [0.717, 1.165) is 25.6 Å². The number of rotatable bonds is 5. The van der Waals surface area contributed by atoms with Crippen LogP contribution in [-0.2, 0) is 0 Å². The zero-order valence-electron chi connectivity index (χ0n) is 15.4. The minimum atomic E-state index is -0.403. The largest absolute Gasteiger partial charge is 0.448 e. The van der Waals surface area contributed by atoms with Crippen LogP contribution in [0.1, 0.15) is 5.76 Å². The van der Waals surface area contributed by atoms with Crippen molar-refractivity contribution in [3.63, 3.8) is 0 Å². The molecule has 30 heavy (non-hydrogen) atoms. The van der Waals surface area contributed by atoms with Crippen molar-refractivity contribution in [1.29, 1.82) is 0 Å². The summed E-state index contributed by atoms with van der Waals surface area (Å²) in [5.41, 5.74) is 1.65. The first-order chi connectivity index (χ1) is 14.6. The minimum absolute atomic E-state index is 0.0629. The van der Waals surface area contributed by atoms with Crippen LogP contribution in [0.25, 0.3) is 21.0 Å². The molecule has 2 aromatic heterocycles. The van der Waals surface area contributed by atoms with Crippen molar-refractivity contribution >= 4 is 61.7 Å². The lowest BCUT2D eigenvalue weighted by Gasteiger charge is -1.98. The van der Waals surface area contributed by atoms with Gasteiger partial charge in [-0.1, -0.05) is 30.3 Å². The topological polar surface area (TPSA) is 81.5 Å². The lowest BCUT2D eigenvalue weighted by atomic mass is 10.1. The standard InChI is InChI=1S/C22H13N3O3S2/c26-25(27)17-7-9-19-20(12-17)29-22(24-19)30-21-10-8-18(28-21)13-23-16-6-5-14-3-1-2-4-15(14)11-16/h1-13H. The number of furan rings is 1. The van der Waals surface area contributed by atoms with E-state index in [9.17, 15) is 10.1 Å². The second-order valence-corrected chi connectivity index (χ2v) is 8.72. The van der Waals surface area contributed by atoms with E-state index >= 15 is 0 Å². The number of thiazole rings is 1. The molecule has 5 rings (SSSR count). The summed E-state index contributed by atoms with van der Waals surface area (Å²) in [6.07, 6.45) is 1.69. The van der Waals surface area contributed by atoms with Gasteiger partial charge >= 0.3 is 0 Å². The molecule has 3 aromatic carbocycles. The summed E-state index contributed by atoms with van der Waals surface area (Å²) >= 11 is 2.78. The Bertz CT molecular complexity index is 1420. The molecular formula is C22H13N3O3S2. The van der Waals surface area contributed by atoms with Gasteiger partial charge < -0.3 is 4.42 Å². The van der Waals surface area contributed by atoms with Crippen LogP contribution in [0.4, 0.5) is 11.4 Å². The molecule has 0 spiro atoms. The van der Waals surface area contributed by atoms with Gasteiger partial charge in [0.1, 0.15) is 5.76 Å². The molecule has 0 amide bonds. The highest BCUT2D eigenvalue weighted by atomic mass is 32.2. The highest BCUT2D eigenvalue weighted by Gasteiger charge is 2.12. The Kier molecular flexibility index (Phi) is 4.78. The number of hydrogen-bond acceptors (Lipinski definition) is 7. The molecule has 5 aromatic rings. The summed E-state index contributed by atoms with van der Waals surface area (Å²) in [4.78, 5) is 19.5. The van der Waals surface area contributed by atoms with Crippen LogP contribution in [0.5, 0.6) is 0 Å². The molecule has 0 N–H and O–H groups in total. The van der Waals surface area contributed by atoms with Crippen LogP contribution in [0.2, 0.25) is 0 Å². The van der Waals surface area contributed by atoms with E-state index < -0.39 is 4.92 Å². The van der Waals surface area contributed by atoms with Gasteiger partial charge in [0.05, 0.1) is 27.0 Å². The van der Waals surface area contributed by atoms with E-state index in [1.165, 1.54) is 34.6 Å². The molecule has 6 nitrogen and oxygen atoms in total. The Hall–Kier alpha value is -3.49. The number of nitro benzene ring substituents is 1. The molecule has 8 heteroatoms. The van der Waals surface area contributed by atoms with Crippen molar-refractivity contribution in [2.75, 3.05) is 0 Å². The molecule has 0 bridgehead atoms. The smallest absolute Gasteiger partial charge is 0.270 e. The van der Waals surface area contributed by atoms with Crippen LogP contribution in [-0.4, -0.2) is 16.1 Å². The molecule has 0 atom stereocenters. The second-order valence-electron chi connectivity index (χ2n) is 6.44. The molecule has 146 valence electrons. The molecule has 0 saturated carbocycles. The summed E-state index contributed by atoms with van der Waals surface area (Å²) in [7, 11) is 0. The monoisotopic (exact) mass is 431 g/mol. The Morgan fingerprint density at radius 2 is 1.90 bits per heavy atom. The van der Waals surface area contributed by atoms with Crippen LogP contribution in [0.3, 0.4) is 0 Å². The predicted octanol–water partition coefficient (Wildman–Crippen LogP) is 6.85. The zero-order valence-corrected chi connectivity index (χ0v) is 17.0. The van der Waals surface area contributed by atoms with Gasteiger partial charge in [0.15, 0.2) is 9.43 Å². The van der Waals surface area contributed by atoms with E-state index in [1.54, 1.807) is 18.3 Å². The first-order valence-corrected chi connectivity index (χ1v) is 10.6. The highest BCUT2D eigenvalue weighted by Crippen LogP contribution is 2.36. The van der Waals surface area contributed by atoms with Crippen LogP contribution in [0.15, 0.2) is 91.6 Å². The molecule has 0 aliphatic heterocycles. The Labute approximate surface area is 179 Å². The molecule has 2 heterocycles. The number of aromatic nitrogens is 1. The van der Waals surface area contributed by atoms with Gasteiger partial charge in [0.2, 0.25) is 0 Å². The van der Waals surface area contributed by atoms with Crippen molar-refractivity contribution < 1.29 is 9.34 Å². The van der Waals surface area contributed by atoms with E-state index in [-0.39, 0.29) is 5.69 Å². The van der Waals surface area contributed by atoms with E-state index in [0.29, 0.717) is 10.9 Å². The fourth-order valence-corrected chi connectivity index (χ4v) is 4.99. The van der Waals surface area contributed by atoms with Gasteiger partial charge in [-0.15, -0.1) is 11.3 Å². The van der Waals surface area contributed by atoms with Gasteiger partial charge in [-0.2, -0.15) is 0 Å². The zero-order chi connectivity index (χ0) is 20.5. The first kappa shape index (κ1) is 18.5. The Morgan fingerprint density at radius 3 is 2.77 bits per heavy atom. The predicted molar refractivity (Wildman–Crippen MR) is 120 cm³/mol. The molecule has 0 aliphatic carbocycles. The third-order valence-corrected chi connectivity index (χ3v) is 6.43. The molecule has 0 fully saturated rings. The third-order valence-electron chi connectivity index (χ3n) is 4.43. The second kappa shape index (κ2) is 7.74. The number of fused-ring (bicyclic) bond motifs is 2. The van der Waals surface area contributed by atoms with Crippen molar-refractivity contribution in [3.8, 4) is 0 Å². The quantitative estimate of drug-likeness (QED) is 0.173. The fourth-order valence-electron chi connectivity index (χ4n) is 2.99. The first-order valence-electron chi connectivity index (χ1n) is 9.00. The maximum atomic E-state index is 10.9.